The van der Waals surface area contributed by atoms with Crippen LogP contribution < -0.4 is 16.0 Å². The number of carbonyl (C=O) groups is 1. The SMILES string of the molecule is CCNC(=O)Nc1cnc2ccc(NC3=CC(Cl)=C(O)C(Cl)C3)nc2n1. The van der Waals surface area contributed by atoms with Crippen LogP contribution in [0, 0.1) is 0 Å². The van der Waals surface area contributed by atoms with E-state index in [2.05, 4.69) is 30.9 Å². The number of rotatable bonds is 4. The van der Waals surface area contributed by atoms with Crippen molar-refractivity contribution in [1.29, 1.82) is 0 Å². The molecule has 10 heteroatoms. The van der Waals surface area contributed by atoms with Gasteiger partial charge >= 0.3 is 6.03 Å². The molecule has 0 fully saturated rings. The van der Waals surface area contributed by atoms with Gasteiger partial charge in [0, 0.05) is 18.7 Å². The fourth-order valence-electron chi connectivity index (χ4n) is 2.33. The highest BCUT2D eigenvalue weighted by Crippen LogP contribution is 2.29. The molecule has 2 aromatic rings. The van der Waals surface area contributed by atoms with Crippen molar-refractivity contribution in [3.05, 3.63) is 40.9 Å². The third-order valence-electron chi connectivity index (χ3n) is 3.52. The van der Waals surface area contributed by atoms with Gasteiger partial charge < -0.3 is 15.7 Å². The van der Waals surface area contributed by atoms with Crippen molar-refractivity contribution in [2.24, 2.45) is 0 Å². The van der Waals surface area contributed by atoms with Crippen LogP contribution in [-0.2, 0) is 0 Å². The molecule has 1 aliphatic rings. The molecule has 8 nitrogen and oxygen atoms in total. The Labute approximate surface area is 159 Å². The zero-order valence-electron chi connectivity index (χ0n) is 13.8. The van der Waals surface area contributed by atoms with Crippen LogP contribution in [0.1, 0.15) is 13.3 Å². The molecule has 2 heterocycles. The Balaban J connectivity index is 1.82. The summed E-state index contributed by atoms with van der Waals surface area (Å²) in [6, 6.07) is 3.13. The molecule has 136 valence electrons. The second-order valence-corrected chi connectivity index (χ2v) is 6.41. The zero-order chi connectivity index (χ0) is 18.7. The summed E-state index contributed by atoms with van der Waals surface area (Å²) in [5.74, 6) is 0.766. The molecule has 3 rings (SSSR count). The molecule has 0 saturated heterocycles. The normalized spacial score (nSPS) is 17.0. The Morgan fingerprint density at radius 2 is 2.12 bits per heavy atom. The van der Waals surface area contributed by atoms with Crippen LogP contribution >= 0.6 is 23.2 Å². The molecule has 0 saturated carbocycles. The molecular formula is C16H16Cl2N6O2. The van der Waals surface area contributed by atoms with E-state index in [9.17, 15) is 9.90 Å². The van der Waals surface area contributed by atoms with Crippen LogP contribution in [0.25, 0.3) is 11.2 Å². The van der Waals surface area contributed by atoms with Crippen LogP contribution in [0.2, 0.25) is 0 Å². The Morgan fingerprint density at radius 1 is 1.35 bits per heavy atom. The zero-order valence-corrected chi connectivity index (χ0v) is 15.3. The van der Waals surface area contributed by atoms with Gasteiger partial charge in [0.15, 0.2) is 11.5 Å². The number of aliphatic hydroxyl groups is 1. The number of allylic oxidation sites excluding steroid dienone is 4. The first kappa shape index (κ1) is 18.2. The van der Waals surface area contributed by atoms with Crippen molar-refractivity contribution in [3.63, 3.8) is 0 Å². The fourth-order valence-corrected chi connectivity index (χ4v) is 2.93. The van der Waals surface area contributed by atoms with Crippen molar-refractivity contribution in [3.8, 4) is 0 Å². The van der Waals surface area contributed by atoms with Gasteiger partial charge in [0.2, 0.25) is 0 Å². The number of hydrogen-bond donors (Lipinski definition) is 4. The average molecular weight is 395 g/mol. The molecule has 4 N–H and O–H groups in total. The predicted octanol–water partition coefficient (Wildman–Crippen LogP) is 3.48. The number of nitrogens with one attached hydrogen (secondary N) is 3. The van der Waals surface area contributed by atoms with E-state index in [1.54, 1.807) is 18.2 Å². The smallest absolute Gasteiger partial charge is 0.320 e. The number of pyridine rings is 1. The van der Waals surface area contributed by atoms with Crippen molar-refractivity contribution in [1.82, 2.24) is 20.3 Å². The van der Waals surface area contributed by atoms with Gasteiger partial charge in [-0.1, -0.05) is 11.6 Å². The summed E-state index contributed by atoms with van der Waals surface area (Å²) in [5.41, 5.74) is 1.66. The Kier molecular flexibility index (Phi) is 5.43. The van der Waals surface area contributed by atoms with Crippen molar-refractivity contribution in [2.45, 2.75) is 18.7 Å². The first-order chi connectivity index (χ1) is 12.5. The lowest BCUT2D eigenvalue weighted by atomic mass is 10.1. The summed E-state index contributed by atoms with van der Waals surface area (Å²) in [5, 5.41) is 17.6. The minimum absolute atomic E-state index is 0.0442. The second-order valence-electron chi connectivity index (χ2n) is 5.48. The third kappa shape index (κ3) is 4.14. The Hall–Kier alpha value is -2.58. The summed E-state index contributed by atoms with van der Waals surface area (Å²) >= 11 is 12.0. The van der Waals surface area contributed by atoms with Crippen LogP contribution in [0.3, 0.4) is 0 Å². The number of fused-ring (bicyclic) bond motifs is 1. The number of hydrogen-bond acceptors (Lipinski definition) is 6. The minimum atomic E-state index is -0.594. The highest BCUT2D eigenvalue weighted by atomic mass is 35.5. The quantitative estimate of drug-likeness (QED) is 0.590. The van der Waals surface area contributed by atoms with Crippen molar-refractivity contribution < 1.29 is 9.90 Å². The minimum Gasteiger partial charge on any atom is -0.509 e. The highest BCUT2D eigenvalue weighted by molar-refractivity contribution is 6.33. The third-order valence-corrected chi connectivity index (χ3v) is 4.18. The molecule has 0 radical (unpaired) electrons. The summed E-state index contributed by atoms with van der Waals surface area (Å²) in [7, 11) is 0. The standard InChI is InChI=1S/C16H16Cl2N6O2/c1-2-19-16(26)24-13-7-20-11-3-4-12(22-15(11)23-13)21-8-5-9(17)14(25)10(18)6-8/h3-5,7,10,25H,2,6H2,1H3,(H3,19,21,22,23,24,26). The van der Waals surface area contributed by atoms with Gasteiger partial charge in [-0.05, 0) is 25.1 Å². The number of halogens is 2. The van der Waals surface area contributed by atoms with Crippen molar-refractivity contribution >= 4 is 52.0 Å². The number of aliphatic hydroxyl groups excluding tert-OH is 1. The average Bonchev–Trinajstić information content (AvgIpc) is 2.59. The summed E-state index contributed by atoms with van der Waals surface area (Å²) < 4.78 is 0. The largest absolute Gasteiger partial charge is 0.509 e. The van der Waals surface area contributed by atoms with Crippen molar-refractivity contribution in [2.75, 3.05) is 17.2 Å². The van der Waals surface area contributed by atoms with Crippen LogP contribution in [0.15, 0.2) is 40.9 Å². The number of aromatic nitrogens is 3. The highest BCUT2D eigenvalue weighted by Gasteiger charge is 2.21. The summed E-state index contributed by atoms with van der Waals surface area (Å²) in [6.07, 6.45) is 3.44. The molecule has 1 aliphatic carbocycles. The second kappa shape index (κ2) is 7.76. The molecule has 0 aliphatic heterocycles. The molecule has 1 atom stereocenters. The van der Waals surface area contributed by atoms with Crippen LogP contribution in [-0.4, -0.2) is 38.0 Å². The van der Waals surface area contributed by atoms with E-state index >= 15 is 0 Å². The Bertz CT molecular complexity index is 915. The van der Waals surface area contributed by atoms with Crippen LogP contribution in [0.4, 0.5) is 16.4 Å². The number of amides is 2. The van der Waals surface area contributed by atoms with E-state index in [0.29, 0.717) is 41.5 Å². The lowest BCUT2D eigenvalue weighted by molar-refractivity contribution is 0.252. The lowest BCUT2D eigenvalue weighted by Crippen LogP contribution is -2.28. The van der Waals surface area contributed by atoms with Crippen LogP contribution in [0.5, 0.6) is 0 Å². The molecular weight excluding hydrogens is 379 g/mol. The number of carbonyl (C=O) groups excluding carboxylic acids is 1. The molecule has 1 unspecified atom stereocenters. The molecule has 0 bridgehead atoms. The van der Waals surface area contributed by atoms with Gasteiger partial charge in [0.25, 0.3) is 0 Å². The maximum Gasteiger partial charge on any atom is 0.320 e. The molecule has 26 heavy (non-hydrogen) atoms. The number of urea groups is 1. The maximum absolute atomic E-state index is 11.6. The summed E-state index contributed by atoms with van der Waals surface area (Å²) in [4.78, 5) is 24.5. The van der Waals surface area contributed by atoms with Gasteiger partial charge in [-0.3, -0.25) is 5.32 Å². The maximum atomic E-state index is 11.6. The van der Waals surface area contributed by atoms with E-state index in [-0.39, 0.29) is 16.8 Å². The number of nitrogens with zero attached hydrogens (tertiary/aromatic N) is 3. The molecule has 2 aromatic heterocycles. The number of alkyl halides is 1. The van der Waals surface area contributed by atoms with E-state index in [1.165, 1.54) is 6.20 Å². The first-order valence-electron chi connectivity index (χ1n) is 7.85. The van der Waals surface area contributed by atoms with Gasteiger partial charge in [0.05, 0.1) is 16.6 Å². The molecule has 0 spiro atoms. The van der Waals surface area contributed by atoms with E-state index in [4.69, 9.17) is 23.2 Å². The van der Waals surface area contributed by atoms with Gasteiger partial charge in [-0.15, -0.1) is 11.6 Å². The van der Waals surface area contributed by atoms with Gasteiger partial charge in [-0.2, -0.15) is 0 Å². The van der Waals surface area contributed by atoms with E-state index < -0.39 is 5.38 Å². The Morgan fingerprint density at radius 3 is 2.85 bits per heavy atom. The topological polar surface area (TPSA) is 112 Å². The predicted molar refractivity (Wildman–Crippen MR) is 101 cm³/mol. The number of anilines is 2. The van der Waals surface area contributed by atoms with E-state index in [0.717, 1.165) is 0 Å². The molecule has 2 amide bonds. The first-order valence-corrected chi connectivity index (χ1v) is 8.66. The monoisotopic (exact) mass is 394 g/mol. The fraction of sp³-hybridized carbons (Fsp3) is 0.250. The van der Waals surface area contributed by atoms with Gasteiger partial charge in [0.1, 0.15) is 17.1 Å². The lowest BCUT2D eigenvalue weighted by Gasteiger charge is -2.19. The van der Waals surface area contributed by atoms with Gasteiger partial charge in [-0.25, -0.2) is 19.7 Å². The molecule has 0 aromatic carbocycles. The van der Waals surface area contributed by atoms with E-state index in [1.807, 2.05) is 6.92 Å². The summed E-state index contributed by atoms with van der Waals surface area (Å²) in [6.45, 7) is 2.32.